The quantitative estimate of drug-likeness (QED) is 0.873. The van der Waals surface area contributed by atoms with Gasteiger partial charge < -0.3 is 15.0 Å². The third-order valence-electron chi connectivity index (χ3n) is 4.04. The fourth-order valence-corrected chi connectivity index (χ4v) is 2.99. The summed E-state index contributed by atoms with van der Waals surface area (Å²) in [6, 6.07) is 0.608. The van der Waals surface area contributed by atoms with Crippen LogP contribution in [-0.4, -0.2) is 46.5 Å². The highest BCUT2D eigenvalue weighted by Gasteiger charge is 2.35. The summed E-state index contributed by atoms with van der Waals surface area (Å²) in [4.78, 5) is 6.84. The van der Waals surface area contributed by atoms with Crippen molar-refractivity contribution in [2.45, 2.75) is 51.9 Å². The Morgan fingerprint density at radius 1 is 1.35 bits per heavy atom. The van der Waals surface area contributed by atoms with Gasteiger partial charge in [0.15, 0.2) is 5.82 Å². The van der Waals surface area contributed by atoms with Crippen LogP contribution >= 0.6 is 0 Å². The Morgan fingerprint density at radius 3 is 2.95 bits per heavy atom. The van der Waals surface area contributed by atoms with Crippen molar-refractivity contribution in [1.82, 2.24) is 20.5 Å². The lowest BCUT2D eigenvalue weighted by molar-refractivity contribution is -0.0179. The molecule has 2 aliphatic rings. The van der Waals surface area contributed by atoms with E-state index in [9.17, 15) is 0 Å². The number of piperidine rings is 1. The first-order valence-corrected chi connectivity index (χ1v) is 7.55. The van der Waals surface area contributed by atoms with Crippen LogP contribution in [0.3, 0.4) is 0 Å². The summed E-state index contributed by atoms with van der Waals surface area (Å²) in [5, 5.41) is 10.9. The zero-order valence-electron chi connectivity index (χ0n) is 12.6. The SMILES string of the molecule is CC(C)(C)OCc1nc(N2CC3CCCNC3C2)n[nH]1. The monoisotopic (exact) mass is 279 g/mol. The number of nitrogens with zero attached hydrogens (tertiary/aromatic N) is 3. The molecule has 2 aliphatic heterocycles. The van der Waals surface area contributed by atoms with Gasteiger partial charge in [0, 0.05) is 19.1 Å². The first-order valence-electron chi connectivity index (χ1n) is 7.55. The number of ether oxygens (including phenoxy) is 1. The van der Waals surface area contributed by atoms with Crippen LogP contribution in [0, 0.1) is 5.92 Å². The summed E-state index contributed by atoms with van der Waals surface area (Å²) in [5.74, 6) is 2.36. The molecule has 2 fully saturated rings. The highest BCUT2D eigenvalue weighted by Crippen LogP contribution is 2.27. The largest absolute Gasteiger partial charge is 0.368 e. The molecule has 0 radical (unpaired) electrons. The van der Waals surface area contributed by atoms with Crippen molar-refractivity contribution >= 4 is 5.95 Å². The summed E-state index contributed by atoms with van der Waals surface area (Å²) in [6.07, 6.45) is 2.60. The third-order valence-corrected chi connectivity index (χ3v) is 4.04. The van der Waals surface area contributed by atoms with Gasteiger partial charge in [0.2, 0.25) is 5.95 Å². The molecule has 2 saturated heterocycles. The molecule has 1 aromatic heterocycles. The van der Waals surface area contributed by atoms with E-state index in [2.05, 4.69) is 25.4 Å². The van der Waals surface area contributed by atoms with E-state index in [1.807, 2.05) is 20.8 Å². The number of H-pyrrole nitrogens is 1. The van der Waals surface area contributed by atoms with E-state index in [1.54, 1.807) is 0 Å². The molecule has 2 N–H and O–H groups in total. The van der Waals surface area contributed by atoms with Crippen molar-refractivity contribution in [3.8, 4) is 0 Å². The molecule has 20 heavy (non-hydrogen) atoms. The second kappa shape index (κ2) is 5.33. The minimum Gasteiger partial charge on any atom is -0.368 e. The van der Waals surface area contributed by atoms with E-state index in [0.29, 0.717) is 12.6 Å². The lowest BCUT2D eigenvalue weighted by Gasteiger charge is -2.24. The summed E-state index contributed by atoms with van der Waals surface area (Å²) >= 11 is 0. The van der Waals surface area contributed by atoms with Crippen LogP contribution in [0.2, 0.25) is 0 Å². The molecule has 6 heteroatoms. The lowest BCUT2D eigenvalue weighted by atomic mass is 9.94. The number of hydrogen-bond acceptors (Lipinski definition) is 5. The summed E-state index contributed by atoms with van der Waals surface area (Å²) in [7, 11) is 0. The Balaban J connectivity index is 1.60. The van der Waals surface area contributed by atoms with E-state index in [4.69, 9.17) is 4.74 Å². The predicted octanol–water partition coefficient (Wildman–Crippen LogP) is 1.31. The van der Waals surface area contributed by atoms with Crippen molar-refractivity contribution in [3.05, 3.63) is 5.82 Å². The predicted molar refractivity (Wildman–Crippen MR) is 77.7 cm³/mol. The molecule has 6 nitrogen and oxygen atoms in total. The van der Waals surface area contributed by atoms with E-state index in [-0.39, 0.29) is 5.60 Å². The van der Waals surface area contributed by atoms with Crippen LogP contribution in [0.5, 0.6) is 0 Å². The van der Waals surface area contributed by atoms with Gasteiger partial charge in [-0.2, -0.15) is 4.98 Å². The summed E-state index contributed by atoms with van der Waals surface area (Å²) in [6.45, 7) is 9.84. The zero-order chi connectivity index (χ0) is 14.2. The Morgan fingerprint density at radius 2 is 2.20 bits per heavy atom. The fraction of sp³-hybridized carbons (Fsp3) is 0.857. The Labute approximate surface area is 120 Å². The molecule has 0 aromatic carbocycles. The molecule has 2 atom stereocenters. The molecule has 3 rings (SSSR count). The number of aromatic amines is 1. The van der Waals surface area contributed by atoms with Gasteiger partial charge in [0.05, 0.1) is 5.60 Å². The van der Waals surface area contributed by atoms with Crippen molar-refractivity contribution in [3.63, 3.8) is 0 Å². The topological polar surface area (TPSA) is 66.1 Å². The Kier molecular flexibility index (Phi) is 3.69. The molecule has 112 valence electrons. The second-order valence-electron chi connectivity index (χ2n) is 6.85. The second-order valence-corrected chi connectivity index (χ2v) is 6.85. The number of rotatable bonds is 3. The van der Waals surface area contributed by atoms with Crippen LogP contribution < -0.4 is 10.2 Å². The van der Waals surface area contributed by atoms with Crippen LogP contribution in [0.1, 0.15) is 39.4 Å². The molecular formula is C14H25N5O. The van der Waals surface area contributed by atoms with E-state index in [1.165, 1.54) is 12.8 Å². The van der Waals surface area contributed by atoms with Crippen LogP contribution in [0.25, 0.3) is 0 Å². The number of aromatic nitrogens is 3. The average molecular weight is 279 g/mol. The molecular weight excluding hydrogens is 254 g/mol. The van der Waals surface area contributed by atoms with Gasteiger partial charge in [-0.15, -0.1) is 5.10 Å². The third kappa shape index (κ3) is 3.12. The minimum atomic E-state index is -0.153. The summed E-state index contributed by atoms with van der Waals surface area (Å²) in [5.41, 5.74) is -0.153. The fourth-order valence-electron chi connectivity index (χ4n) is 2.99. The maximum Gasteiger partial charge on any atom is 0.244 e. The van der Waals surface area contributed by atoms with Gasteiger partial charge in [-0.3, -0.25) is 5.10 Å². The van der Waals surface area contributed by atoms with Gasteiger partial charge in [0.1, 0.15) is 6.61 Å². The van der Waals surface area contributed by atoms with Gasteiger partial charge in [0.25, 0.3) is 0 Å². The van der Waals surface area contributed by atoms with E-state index < -0.39 is 0 Å². The van der Waals surface area contributed by atoms with Gasteiger partial charge in [-0.1, -0.05) is 0 Å². The number of nitrogens with one attached hydrogen (secondary N) is 2. The van der Waals surface area contributed by atoms with Gasteiger partial charge >= 0.3 is 0 Å². The molecule has 0 bridgehead atoms. The maximum absolute atomic E-state index is 5.72. The lowest BCUT2D eigenvalue weighted by Crippen LogP contribution is -2.40. The molecule has 1 aromatic rings. The van der Waals surface area contributed by atoms with Crippen LogP contribution in [-0.2, 0) is 11.3 Å². The van der Waals surface area contributed by atoms with Crippen molar-refractivity contribution in [2.24, 2.45) is 5.92 Å². The maximum atomic E-state index is 5.72. The smallest absolute Gasteiger partial charge is 0.244 e. The van der Waals surface area contributed by atoms with Gasteiger partial charge in [-0.05, 0) is 46.1 Å². The molecule has 0 aliphatic carbocycles. The molecule has 0 saturated carbocycles. The van der Waals surface area contributed by atoms with E-state index in [0.717, 1.165) is 37.3 Å². The number of fused-ring (bicyclic) bond motifs is 1. The van der Waals surface area contributed by atoms with Crippen molar-refractivity contribution in [2.75, 3.05) is 24.5 Å². The zero-order valence-corrected chi connectivity index (χ0v) is 12.6. The van der Waals surface area contributed by atoms with Crippen molar-refractivity contribution in [1.29, 1.82) is 0 Å². The van der Waals surface area contributed by atoms with Gasteiger partial charge in [-0.25, -0.2) is 0 Å². The van der Waals surface area contributed by atoms with E-state index >= 15 is 0 Å². The Hall–Kier alpha value is -1.14. The first kappa shape index (κ1) is 13.8. The number of hydrogen-bond donors (Lipinski definition) is 2. The van der Waals surface area contributed by atoms with Crippen LogP contribution in [0.4, 0.5) is 5.95 Å². The minimum absolute atomic E-state index is 0.153. The number of anilines is 1. The highest BCUT2D eigenvalue weighted by atomic mass is 16.5. The average Bonchev–Trinajstić information content (AvgIpc) is 3.01. The highest BCUT2D eigenvalue weighted by molar-refractivity contribution is 5.32. The standard InChI is InChI=1S/C14H25N5O/c1-14(2,3)20-9-12-16-13(18-17-12)19-7-10-5-4-6-15-11(10)8-19/h10-11,15H,4-9H2,1-3H3,(H,16,17,18). The molecule has 3 heterocycles. The molecule has 2 unspecified atom stereocenters. The normalized spacial score (nSPS) is 26.9. The first-order chi connectivity index (χ1) is 9.51. The molecule has 0 spiro atoms. The summed E-state index contributed by atoms with van der Waals surface area (Å²) < 4.78 is 5.72. The van der Waals surface area contributed by atoms with Crippen molar-refractivity contribution < 1.29 is 4.74 Å². The molecule has 0 amide bonds. The van der Waals surface area contributed by atoms with Crippen LogP contribution in [0.15, 0.2) is 0 Å². The Bertz CT molecular complexity index is 439.